The molecule has 1 saturated heterocycles. The Hall–Kier alpha value is -0.830. The van der Waals surface area contributed by atoms with Gasteiger partial charge in [-0.1, -0.05) is 12.5 Å². The van der Waals surface area contributed by atoms with Crippen molar-refractivity contribution in [1.29, 1.82) is 0 Å². The SMILES string of the molecule is CC1=C2[C@@H]3OC(=O)[C@H](C)[C@]3(O)CC[C@@]2(C)CCC1. The third kappa shape index (κ3) is 1.37. The van der Waals surface area contributed by atoms with Crippen molar-refractivity contribution in [3.63, 3.8) is 0 Å². The molecule has 3 rings (SSSR count). The fourth-order valence-electron chi connectivity index (χ4n) is 4.21. The lowest BCUT2D eigenvalue weighted by atomic mass is 9.58. The smallest absolute Gasteiger partial charge is 0.312 e. The van der Waals surface area contributed by atoms with Crippen LogP contribution in [0, 0.1) is 11.3 Å². The predicted molar refractivity (Wildman–Crippen MR) is 67.9 cm³/mol. The topological polar surface area (TPSA) is 46.5 Å². The molecule has 0 amide bonds. The van der Waals surface area contributed by atoms with E-state index in [0.717, 1.165) is 19.3 Å². The Morgan fingerprint density at radius 1 is 1.33 bits per heavy atom. The monoisotopic (exact) mass is 250 g/mol. The first-order valence-corrected chi connectivity index (χ1v) is 7.01. The van der Waals surface area contributed by atoms with Gasteiger partial charge in [-0.05, 0) is 56.9 Å². The molecule has 0 spiro atoms. The van der Waals surface area contributed by atoms with E-state index in [4.69, 9.17) is 4.74 Å². The zero-order valence-corrected chi connectivity index (χ0v) is 11.5. The van der Waals surface area contributed by atoms with Crippen LogP contribution in [0.3, 0.4) is 0 Å². The van der Waals surface area contributed by atoms with Crippen LogP contribution in [0.25, 0.3) is 0 Å². The van der Waals surface area contributed by atoms with Crippen LogP contribution < -0.4 is 0 Å². The molecule has 0 aromatic rings. The van der Waals surface area contributed by atoms with Gasteiger partial charge >= 0.3 is 5.97 Å². The summed E-state index contributed by atoms with van der Waals surface area (Å²) in [5.74, 6) is -0.633. The van der Waals surface area contributed by atoms with Gasteiger partial charge in [0.15, 0.2) is 6.10 Å². The molecular weight excluding hydrogens is 228 g/mol. The molecule has 0 aromatic heterocycles. The van der Waals surface area contributed by atoms with E-state index in [-0.39, 0.29) is 17.5 Å². The maximum atomic E-state index is 11.8. The number of fused-ring (bicyclic) bond motifs is 3. The molecule has 4 atom stereocenters. The Balaban J connectivity index is 2.10. The fraction of sp³-hybridized carbons (Fsp3) is 0.800. The maximum Gasteiger partial charge on any atom is 0.312 e. The van der Waals surface area contributed by atoms with Crippen LogP contribution >= 0.6 is 0 Å². The van der Waals surface area contributed by atoms with Gasteiger partial charge in [-0.25, -0.2) is 0 Å². The highest BCUT2D eigenvalue weighted by atomic mass is 16.6. The summed E-state index contributed by atoms with van der Waals surface area (Å²) in [7, 11) is 0. The Bertz CT molecular complexity index is 439. The molecule has 0 unspecified atom stereocenters. The Labute approximate surface area is 108 Å². The molecule has 1 aliphatic heterocycles. The van der Waals surface area contributed by atoms with E-state index in [9.17, 15) is 9.90 Å². The molecule has 18 heavy (non-hydrogen) atoms. The highest BCUT2D eigenvalue weighted by molar-refractivity contribution is 5.77. The molecule has 0 radical (unpaired) electrons. The number of hydrogen-bond donors (Lipinski definition) is 1. The number of allylic oxidation sites excluding steroid dienone is 1. The van der Waals surface area contributed by atoms with Crippen molar-refractivity contribution in [1.82, 2.24) is 0 Å². The second-order valence-electron chi connectivity index (χ2n) is 6.64. The number of hydrogen-bond acceptors (Lipinski definition) is 3. The van der Waals surface area contributed by atoms with Crippen LogP contribution in [0.4, 0.5) is 0 Å². The van der Waals surface area contributed by atoms with Gasteiger partial charge in [-0.3, -0.25) is 4.79 Å². The van der Waals surface area contributed by atoms with Gasteiger partial charge in [0.25, 0.3) is 0 Å². The van der Waals surface area contributed by atoms with Crippen molar-refractivity contribution in [2.24, 2.45) is 11.3 Å². The first-order valence-electron chi connectivity index (χ1n) is 7.01. The molecule has 1 heterocycles. The van der Waals surface area contributed by atoms with Crippen molar-refractivity contribution < 1.29 is 14.6 Å². The maximum absolute atomic E-state index is 11.8. The minimum atomic E-state index is -0.968. The zero-order chi connectivity index (χ0) is 13.1. The van der Waals surface area contributed by atoms with Crippen LogP contribution in [-0.4, -0.2) is 22.8 Å². The molecule has 3 nitrogen and oxygen atoms in total. The summed E-state index contributed by atoms with van der Waals surface area (Å²) in [5, 5.41) is 10.8. The Morgan fingerprint density at radius 3 is 2.78 bits per heavy atom. The third-order valence-electron chi connectivity index (χ3n) is 5.52. The van der Waals surface area contributed by atoms with Gasteiger partial charge in [0.1, 0.15) is 5.60 Å². The molecular formula is C15H22O3. The first-order chi connectivity index (χ1) is 8.38. The van der Waals surface area contributed by atoms with Crippen molar-refractivity contribution in [2.45, 2.75) is 64.6 Å². The lowest BCUT2D eigenvalue weighted by Gasteiger charge is -2.49. The van der Waals surface area contributed by atoms with Crippen LogP contribution in [-0.2, 0) is 9.53 Å². The Kier molecular flexibility index (Phi) is 2.44. The van der Waals surface area contributed by atoms with E-state index in [2.05, 4.69) is 13.8 Å². The highest BCUT2D eigenvalue weighted by Crippen LogP contribution is 2.56. The number of ether oxygens (including phenoxy) is 1. The molecule has 100 valence electrons. The van der Waals surface area contributed by atoms with Crippen molar-refractivity contribution >= 4 is 5.97 Å². The normalized spacial score (nSPS) is 47.7. The minimum Gasteiger partial charge on any atom is -0.454 e. The lowest BCUT2D eigenvalue weighted by Crippen LogP contribution is -2.52. The zero-order valence-electron chi connectivity index (χ0n) is 11.5. The number of rotatable bonds is 0. The van der Waals surface area contributed by atoms with Crippen molar-refractivity contribution in [2.75, 3.05) is 0 Å². The summed E-state index contributed by atoms with van der Waals surface area (Å²) in [6, 6.07) is 0. The highest BCUT2D eigenvalue weighted by Gasteiger charge is 2.61. The van der Waals surface area contributed by atoms with Gasteiger partial charge in [0.2, 0.25) is 0 Å². The van der Waals surface area contributed by atoms with E-state index in [0.29, 0.717) is 6.42 Å². The fourth-order valence-corrected chi connectivity index (χ4v) is 4.21. The average Bonchev–Trinajstić information content (AvgIpc) is 2.53. The number of esters is 1. The number of carbonyl (C=O) groups excluding carboxylic acids is 1. The number of carbonyl (C=O) groups is 1. The summed E-state index contributed by atoms with van der Waals surface area (Å²) in [6.07, 6.45) is 4.69. The van der Waals surface area contributed by atoms with Gasteiger partial charge in [0, 0.05) is 0 Å². The van der Waals surface area contributed by atoms with Crippen LogP contribution in [0.5, 0.6) is 0 Å². The van der Waals surface area contributed by atoms with E-state index < -0.39 is 11.5 Å². The van der Waals surface area contributed by atoms with E-state index in [1.165, 1.54) is 17.6 Å². The standard InChI is InChI=1S/C15H22O3/c1-9-5-4-6-14(3)7-8-15(17)10(2)13(16)18-12(15)11(9)14/h10,12,17H,4-8H2,1-3H3/t10-,12-,14+,15+/m0/s1. The summed E-state index contributed by atoms with van der Waals surface area (Å²) in [4.78, 5) is 11.8. The molecule has 3 aliphatic rings. The molecule has 1 N–H and O–H groups in total. The van der Waals surface area contributed by atoms with Gasteiger partial charge in [-0.15, -0.1) is 0 Å². The van der Waals surface area contributed by atoms with Crippen LogP contribution in [0.1, 0.15) is 52.9 Å². The second kappa shape index (κ2) is 3.60. The largest absolute Gasteiger partial charge is 0.454 e. The first kappa shape index (κ1) is 12.2. The molecule has 3 heteroatoms. The average molecular weight is 250 g/mol. The van der Waals surface area contributed by atoms with Gasteiger partial charge < -0.3 is 9.84 Å². The van der Waals surface area contributed by atoms with Crippen LogP contribution in [0.2, 0.25) is 0 Å². The van der Waals surface area contributed by atoms with Crippen molar-refractivity contribution in [3.8, 4) is 0 Å². The van der Waals surface area contributed by atoms with Crippen molar-refractivity contribution in [3.05, 3.63) is 11.1 Å². The molecule has 0 bridgehead atoms. The summed E-state index contributed by atoms with van der Waals surface area (Å²) < 4.78 is 5.54. The molecule has 1 saturated carbocycles. The van der Waals surface area contributed by atoms with Gasteiger partial charge in [0.05, 0.1) is 5.92 Å². The van der Waals surface area contributed by atoms with Gasteiger partial charge in [-0.2, -0.15) is 0 Å². The second-order valence-corrected chi connectivity index (χ2v) is 6.64. The predicted octanol–water partition coefficient (Wildman–Crippen LogP) is 2.58. The lowest BCUT2D eigenvalue weighted by molar-refractivity contribution is -0.143. The molecule has 2 fully saturated rings. The summed E-state index contributed by atoms with van der Waals surface area (Å²) >= 11 is 0. The van der Waals surface area contributed by atoms with Crippen LogP contribution in [0.15, 0.2) is 11.1 Å². The van der Waals surface area contributed by atoms with E-state index in [1.54, 1.807) is 6.92 Å². The number of aliphatic hydroxyl groups is 1. The molecule has 0 aromatic carbocycles. The third-order valence-corrected chi connectivity index (χ3v) is 5.52. The van der Waals surface area contributed by atoms with E-state index in [1.807, 2.05) is 0 Å². The Morgan fingerprint density at radius 2 is 2.06 bits per heavy atom. The molecule has 2 aliphatic carbocycles. The quantitative estimate of drug-likeness (QED) is 0.531. The summed E-state index contributed by atoms with van der Waals surface area (Å²) in [6.45, 7) is 6.19. The van der Waals surface area contributed by atoms with E-state index >= 15 is 0 Å². The minimum absolute atomic E-state index is 0.129. The summed E-state index contributed by atoms with van der Waals surface area (Å²) in [5.41, 5.74) is 1.71.